The van der Waals surface area contributed by atoms with Gasteiger partial charge in [0.2, 0.25) is 0 Å². The molecule has 0 saturated heterocycles. The molecule has 0 radical (unpaired) electrons. The maximum Gasteiger partial charge on any atom is 0.265 e. The number of pyridine rings is 1. The van der Waals surface area contributed by atoms with Crippen LogP contribution in [-0.2, 0) is 6.42 Å². The highest BCUT2D eigenvalue weighted by molar-refractivity contribution is 6.06. The van der Waals surface area contributed by atoms with Crippen LogP contribution >= 0.6 is 0 Å². The molecule has 5 heteroatoms. The Balaban J connectivity index is 1.72. The maximum absolute atomic E-state index is 13.3. The molecule has 5 rings (SSSR count). The minimum absolute atomic E-state index is 0.102. The fraction of sp³-hybridized carbons (Fsp3) is 0.0800. The van der Waals surface area contributed by atoms with Gasteiger partial charge in [-0.15, -0.1) is 0 Å². The van der Waals surface area contributed by atoms with Gasteiger partial charge in [-0.2, -0.15) is 0 Å². The van der Waals surface area contributed by atoms with Crippen molar-refractivity contribution in [1.29, 1.82) is 0 Å². The van der Waals surface area contributed by atoms with Crippen LogP contribution in [-0.4, -0.2) is 21.6 Å². The van der Waals surface area contributed by atoms with Crippen molar-refractivity contribution in [3.63, 3.8) is 0 Å². The van der Waals surface area contributed by atoms with Crippen molar-refractivity contribution in [1.82, 2.24) is 14.5 Å². The van der Waals surface area contributed by atoms with Crippen molar-refractivity contribution in [3.8, 4) is 11.4 Å². The van der Waals surface area contributed by atoms with Crippen molar-refractivity contribution in [2.75, 3.05) is 7.11 Å². The van der Waals surface area contributed by atoms with E-state index in [0.29, 0.717) is 23.0 Å². The largest absolute Gasteiger partial charge is 0.497 e. The SMILES string of the molecule is COc1ccc(Cc2cc3c(=O)n(-c4cccnc4)cnc3c3ccccc23)cc1. The van der Waals surface area contributed by atoms with E-state index in [1.807, 2.05) is 48.5 Å². The molecule has 0 amide bonds. The topological polar surface area (TPSA) is 57.0 Å². The first kappa shape index (κ1) is 18.1. The van der Waals surface area contributed by atoms with Gasteiger partial charge in [0.05, 0.1) is 29.9 Å². The van der Waals surface area contributed by atoms with Gasteiger partial charge in [0.25, 0.3) is 5.56 Å². The number of benzene rings is 3. The normalized spacial score (nSPS) is 11.1. The Morgan fingerprint density at radius 3 is 2.47 bits per heavy atom. The van der Waals surface area contributed by atoms with E-state index < -0.39 is 0 Å². The van der Waals surface area contributed by atoms with Gasteiger partial charge in [-0.3, -0.25) is 14.3 Å². The van der Waals surface area contributed by atoms with Gasteiger partial charge >= 0.3 is 0 Å². The minimum atomic E-state index is -0.102. The number of nitrogens with zero attached hydrogens (tertiary/aromatic N) is 3. The van der Waals surface area contributed by atoms with Gasteiger partial charge in [0.1, 0.15) is 12.1 Å². The highest BCUT2D eigenvalue weighted by Crippen LogP contribution is 2.28. The van der Waals surface area contributed by atoms with Crippen LogP contribution in [0.1, 0.15) is 11.1 Å². The summed E-state index contributed by atoms with van der Waals surface area (Å²) in [4.78, 5) is 22.1. The lowest BCUT2D eigenvalue weighted by molar-refractivity contribution is 0.414. The number of aromatic nitrogens is 3. The molecule has 0 spiro atoms. The first-order valence-electron chi connectivity index (χ1n) is 9.70. The summed E-state index contributed by atoms with van der Waals surface area (Å²) in [5, 5.41) is 2.68. The molecule has 0 aliphatic rings. The summed E-state index contributed by atoms with van der Waals surface area (Å²) in [7, 11) is 1.66. The van der Waals surface area contributed by atoms with Gasteiger partial charge in [0, 0.05) is 11.6 Å². The lowest BCUT2D eigenvalue weighted by atomic mass is 9.96. The predicted molar refractivity (Wildman–Crippen MR) is 118 cm³/mol. The van der Waals surface area contributed by atoms with Gasteiger partial charge in [-0.05, 0) is 53.3 Å². The summed E-state index contributed by atoms with van der Waals surface area (Å²) < 4.78 is 6.80. The van der Waals surface area contributed by atoms with Crippen molar-refractivity contribution in [3.05, 3.63) is 107 Å². The number of hydrogen-bond acceptors (Lipinski definition) is 4. The van der Waals surface area contributed by atoms with Crippen LogP contribution < -0.4 is 10.3 Å². The molecule has 0 saturated carbocycles. The van der Waals surface area contributed by atoms with Crippen LogP contribution in [0.2, 0.25) is 0 Å². The Labute approximate surface area is 173 Å². The number of fused-ring (bicyclic) bond motifs is 3. The second-order valence-corrected chi connectivity index (χ2v) is 7.13. The summed E-state index contributed by atoms with van der Waals surface area (Å²) in [6, 6.07) is 21.7. The monoisotopic (exact) mass is 393 g/mol. The number of hydrogen-bond donors (Lipinski definition) is 0. The lowest BCUT2D eigenvalue weighted by Crippen LogP contribution is -2.19. The Morgan fingerprint density at radius 2 is 1.73 bits per heavy atom. The number of ether oxygens (including phenoxy) is 1. The fourth-order valence-electron chi connectivity index (χ4n) is 3.82. The molecule has 0 N–H and O–H groups in total. The van der Waals surface area contributed by atoms with Crippen molar-refractivity contribution in [2.24, 2.45) is 0 Å². The minimum Gasteiger partial charge on any atom is -0.497 e. The van der Waals surface area contributed by atoms with Gasteiger partial charge in [-0.25, -0.2) is 4.98 Å². The van der Waals surface area contributed by atoms with E-state index in [4.69, 9.17) is 4.74 Å². The van der Waals surface area contributed by atoms with Crippen molar-refractivity contribution >= 4 is 21.7 Å². The Hall–Kier alpha value is -3.99. The summed E-state index contributed by atoms with van der Waals surface area (Å²) >= 11 is 0. The van der Waals surface area contributed by atoms with E-state index >= 15 is 0 Å². The molecule has 5 aromatic rings. The van der Waals surface area contributed by atoms with Crippen LogP contribution in [0.15, 0.2) is 90.2 Å². The van der Waals surface area contributed by atoms with E-state index in [0.717, 1.165) is 27.6 Å². The second kappa shape index (κ2) is 7.44. The van der Waals surface area contributed by atoms with Crippen LogP contribution in [0, 0.1) is 0 Å². The van der Waals surface area contributed by atoms with Crippen molar-refractivity contribution < 1.29 is 4.74 Å². The van der Waals surface area contributed by atoms with Crippen molar-refractivity contribution in [2.45, 2.75) is 6.42 Å². The molecule has 0 aliphatic heterocycles. The van der Waals surface area contributed by atoms with Gasteiger partial charge in [0.15, 0.2) is 0 Å². The first-order valence-corrected chi connectivity index (χ1v) is 9.70. The zero-order chi connectivity index (χ0) is 20.5. The zero-order valence-electron chi connectivity index (χ0n) is 16.4. The molecular weight excluding hydrogens is 374 g/mol. The molecule has 2 heterocycles. The van der Waals surface area contributed by atoms with Gasteiger partial charge < -0.3 is 4.74 Å². The Kier molecular flexibility index (Phi) is 4.48. The van der Waals surface area contributed by atoms with Gasteiger partial charge in [-0.1, -0.05) is 36.4 Å². The lowest BCUT2D eigenvalue weighted by Gasteiger charge is -2.12. The van der Waals surface area contributed by atoms with E-state index in [2.05, 4.69) is 28.2 Å². The Bertz CT molecular complexity index is 1410. The molecule has 0 aliphatic carbocycles. The molecule has 5 nitrogen and oxygen atoms in total. The first-order chi connectivity index (χ1) is 14.7. The van der Waals surface area contributed by atoms with E-state index in [1.54, 1.807) is 30.4 Å². The number of rotatable bonds is 4. The summed E-state index contributed by atoms with van der Waals surface area (Å²) in [5.74, 6) is 0.825. The average molecular weight is 393 g/mol. The van der Waals surface area contributed by atoms with E-state index in [-0.39, 0.29) is 5.56 Å². The molecule has 0 fully saturated rings. The standard InChI is InChI=1S/C25H19N3O2/c1-30-20-10-8-17(9-11-20)13-18-14-23-24(22-7-3-2-6-21(18)22)27-16-28(25(23)29)19-5-4-12-26-15-19/h2-12,14-16H,13H2,1H3. The molecule has 0 unspecified atom stereocenters. The van der Waals surface area contributed by atoms with Crippen LogP contribution in [0.3, 0.4) is 0 Å². The smallest absolute Gasteiger partial charge is 0.265 e. The molecule has 2 aromatic heterocycles. The fourth-order valence-corrected chi connectivity index (χ4v) is 3.82. The third kappa shape index (κ3) is 3.10. The second-order valence-electron chi connectivity index (χ2n) is 7.13. The van der Waals surface area contributed by atoms with Crippen LogP contribution in [0.4, 0.5) is 0 Å². The van der Waals surface area contributed by atoms with Crippen LogP contribution in [0.25, 0.3) is 27.4 Å². The quantitative estimate of drug-likeness (QED) is 0.421. The molecule has 0 bridgehead atoms. The summed E-state index contributed by atoms with van der Waals surface area (Å²) in [6.45, 7) is 0. The molecular formula is C25H19N3O2. The molecule has 146 valence electrons. The number of methoxy groups -OCH3 is 1. The third-order valence-corrected chi connectivity index (χ3v) is 5.33. The average Bonchev–Trinajstić information content (AvgIpc) is 2.81. The predicted octanol–water partition coefficient (Wildman–Crippen LogP) is 4.53. The highest BCUT2D eigenvalue weighted by atomic mass is 16.5. The third-order valence-electron chi connectivity index (χ3n) is 5.33. The maximum atomic E-state index is 13.3. The van der Waals surface area contributed by atoms with E-state index in [1.165, 1.54) is 0 Å². The Morgan fingerprint density at radius 1 is 0.933 bits per heavy atom. The molecule has 3 aromatic carbocycles. The van der Waals surface area contributed by atoms with Crippen LogP contribution in [0.5, 0.6) is 5.75 Å². The van der Waals surface area contributed by atoms with E-state index in [9.17, 15) is 4.79 Å². The summed E-state index contributed by atoms with van der Waals surface area (Å²) in [5.41, 5.74) is 3.55. The molecule has 0 atom stereocenters. The summed E-state index contributed by atoms with van der Waals surface area (Å²) in [6.07, 6.45) is 5.64. The zero-order valence-corrected chi connectivity index (χ0v) is 16.4. The molecule has 30 heavy (non-hydrogen) atoms. The highest BCUT2D eigenvalue weighted by Gasteiger charge is 2.13.